The summed E-state index contributed by atoms with van der Waals surface area (Å²) < 4.78 is 27.2. The van der Waals surface area contributed by atoms with E-state index in [1.54, 1.807) is 13.1 Å². The predicted molar refractivity (Wildman–Crippen MR) is 77.7 cm³/mol. The number of pyridine rings is 1. The molecule has 20 heavy (non-hydrogen) atoms. The van der Waals surface area contributed by atoms with Gasteiger partial charge in [-0.25, -0.2) is 18.1 Å². The highest BCUT2D eigenvalue weighted by Gasteiger charge is 2.19. The highest BCUT2D eigenvalue weighted by atomic mass is 79.9. The molecule has 0 aromatic carbocycles. The predicted octanol–water partition coefficient (Wildman–Crippen LogP) is 2.07. The summed E-state index contributed by atoms with van der Waals surface area (Å²) in [6.45, 7) is 1.83. The quantitative estimate of drug-likeness (QED) is 0.825. The van der Waals surface area contributed by atoms with E-state index in [4.69, 9.17) is 11.6 Å². The molecule has 0 fully saturated rings. The molecule has 0 unspecified atom stereocenters. The van der Waals surface area contributed by atoms with Crippen LogP contribution >= 0.6 is 27.5 Å². The number of halogens is 2. The number of rotatable bonds is 4. The fraction of sp³-hybridized carbons (Fsp3) is 0.182. The molecule has 0 aliphatic heterocycles. The fourth-order valence-corrected chi connectivity index (χ4v) is 3.29. The molecule has 2 rings (SSSR count). The van der Waals surface area contributed by atoms with Gasteiger partial charge in [-0.3, -0.25) is 9.97 Å². The van der Waals surface area contributed by atoms with Gasteiger partial charge in [0.1, 0.15) is 10.0 Å². The van der Waals surface area contributed by atoms with E-state index < -0.39 is 10.0 Å². The number of hydrogen-bond donors (Lipinski definition) is 1. The van der Waals surface area contributed by atoms with Crippen molar-refractivity contribution in [3.63, 3.8) is 0 Å². The fourth-order valence-electron chi connectivity index (χ4n) is 1.35. The Balaban J connectivity index is 2.19. The first-order chi connectivity index (χ1) is 9.38. The van der Waals surface area contributed by atoms with Crippen LogP contribution in [0.4, 0.5) is 0 Å². The van der Waals surface area contributed by atoms with Gasteiger partial charge in [0.05, 0.1) is 24.1 Å². The Kier molecular flexibility index (Phi) is 4.69. The second-order valence-corrected chi connectivity index (χ2v) is 6.93. The van der Waals surface area contributed by atoms with Crippen LogP contribution in [0.1, 0.15) is 11.4 Å². The molecule has 0 spiro atoms. The summed E-state index contributed by atoms with van der Waals surface area (Å²) in [5.41, 5.74) is 1.27. The van der Waals surface area contributed by atoms with E-state index in [0.29, 0.717) is 10.2 Å². The first kappa shape index (κ1) is 15.3. The minimum Gasteiger partial charge on any atom is -0.258 e. The van der Waals surface area contributed by atoms with Crippen molar-refractivity contribution in [3.8, 4) is 0 Å². The molecule has 0 bridgehead atoms. The lowest BCUT2D eigenvalue weighted by atomic mass is 10.4. The summed E-state index contributed by atoms with van der Waals surface area (Å²) in [7, 11) is -3.76. The number of nitrogens with one attached hydrogen (secondary N) is 1. The molecule has 0 atom stereocenters. The summed E-state index contributed by atoms with van der Waals surface area (Å²) in [4.78, 5) is 11.8. The van der Waals surface area contributed by atoms with Crippen molar-refractivity contribution < 1.29 is 8.42 Å². The maximum absolute atomic E-state index is 12.1. The number of hydrogen-bond acceptors (Lipinski definition) is 5. The number of nitrogens with zero attached hydrogens (tertiary/aromatic N) is 3. The van der Waals surface area contributed by atoms with Crippen LogP contribution in [0.25, 0.3) is 0 Å². The number of aromatic nitrogens is 3. The van der Waals surface area contributed by atoms with Crippen LogP contribution in [0.3, 0.4) is 0 Å². The largest absolute Gasteiger partial charge is 0.258 e. The molecule has 0 radical (unpaired) electrons. The van der Waals surface area contributed by atoms with Crippen molar-refractivity contribution in [2.75, 3.05) is 0 Å². The van der Waals surface area contributed by atoms with Gasteiger partial charge in [-0.15, -0.1) is 0 Å². The molecule has 106 valence electrons. The van der Waals surface area contributed by atoms with Crippen molar-refractivity contribution in [1.29, 1.82) is 0 Å². The third-order valence-corrected chi connectivity index (χ3v) is 4.60. The first-order valence-electron chi connectivity index (χ1n) is 5.47. The molecule has 6 nitrogen and oxygen atoms in total. The molecular formula is C11H10BrClN4O2S. The molecule has 0 saturated heterocycles. The summed E-state index contributed by atoms with van der Waals surface area (Å²) in [6.07, 6.45) is 4.50. The number of sulfonamides is 1. The van der Waals surface area contributed by atoms with E-state index in [-0.39, 0.29) is 16.6 Å². The molecule has 1 N–H and O–H groups in total. The smallest absolute Gasteiger partial charge is 0.244 e. The Morgan fingerprint density at radius 3 is 2.65 bits per heavy atom. The monoisotopic (exact) mass is 376 g/mol. The summed E-state index contributed by atoms with van der Waals surface area (Å²) in [5.74, 6) is 0. The lowest BCUT2D eigenvalue weighted by Gasteiger charge is -2.07. The molecule has 0 saturated carbocycles. The van der Waals surface area contributed by atoms with Crippen LogP contribution in [-0.4, -0.2) is 23.4 Å². The second-order valence-electron chi connectivity index (χ2n) is 3.92. The standard InChI is InChI=1S/C11H10BrClN4O2S/c1-7-3-15-9(5-14-7)6-17-20(18,19)10-2-8(12)4-16-11(10)13/h2-5,17H,6H2,1H3. The molecule has 0 aliphatic rings. The Hall–Kier alpha value is -1.09. The average Bonchev–Trinajstić information content (AvgIpc) is 2.41. The summed E-state index contributed by atoms with van der Waals surface area (Å²) >= 11 is 8.96. The van der Waals surface area contributed by atoms with Gasteiger partial charge in [-0.2, -0.15) is 0 Å². The molecular weight excluding hydrogens is 368 g/mol. The zero-order chi connectivity index (χ0) is 14.8. The van der Waals surface area contributed by atoms with Gasteiger partial charge < -0.3 is 0 Å². The van der Waals surface area contributed by atoms with Crippen LogP contribution in [0.2, 0.25) is 5.15 Å². The molecule has 2 heterocycles. The van der Waals surface area contributed by atoms with Gasteiger partial charge in [-0.05, 0) is 28.9 Å². The van der Waals surface area contributed by atoms with Gasteiger partial charge >= 0.3 is 0 Å². The van der Waals surface area contributed by atoms with Crippen LogP contribution in [0.15, 0.2) is 34.0 Å². The third-order valence-electron chi connectivity index (χ3n) is 2.34. The minimum atomic E-state index is -3.76. The van der Waals surface area contributed by atoms with Crippen molar-refractivity contribution >= 4 is 37.6 Å². The van der Waals surface area contributed by atoms with Gasteiger partial charge in [0.25, 0.3) is 0 Å². The van der Waals surface area contributed by atoms with Crippen molar-refractivity contribution in [3.05, 3.63) is 45.7 Å². The zero-order valence-corrected chi connectivity index (χ0v) is 13.5. The third kappa shape index (κ3) is 3.72. The minimum absolute atomic E-state index is 0.0262. The zero-order valence-electron chi connectivity index (χ0n) is 10.3. The van der Waals surface area contributed by atoms with Crippen LogP contribution in [0.5, 0.6) is 0 Å². The second kappa shape index (κ2) is 6.13. The molecule has 0 amide bonds. The maximum atomic E-state index is 12.1. The Labute approximate surface area is 129 Å². The van der Waals surface area contributed by atoms with Gasteiger partial charge in [0.2, 0.25) is 10.0 Å². The first-order valence-corrected chi connectivity index (χ1v) is 8.12. The van der Waals surface area contributed by atoms with Crippen LogP contribution < -0.4 is 4.72 Å². The normalized spacial score (nSPS) is 11.6. The van der Waals surface area contributed by atoms with E-state index in [1.807, 2.05) is 0 Å². The highest BCUT2D eigenvalue weighted by molar-refractivity contribution is 9.10. The molecule has 9 heteroatoms. The van der Waals surface area contributed by atoms with Crippen LogP contribution in [-0.2, 0) is 16.6 Å². The Morgan fingerprint density at radius 1 is 1.25 bits per heavy atom. The van der Waals surface area contributed by atoms with Gasteiger partial charge in [-0.1, -0.05) is 11.6 Å². The van der Waals surface area contributed by atoms with Crippen molar-refractivity contribution in [2.24, 2.45) is 0 Å². The Bertz CT molecular complexity index is 722. The lowest BCUT2D eigenvalue weighted by Crippen LogP contribution is -2.24. The summed E-state index contributed by atoms with van der Waals surface area (Å²) in [5, 5.41) is -0.0873. The average molecular weight is 378 g/mol. The van der Waals surface area contributed by atoms with Crippen LogP contribution in [0, 0.1) is 6.92 Å². The van der Waals surface area contributed by atoms with Gasteiger partial charge in [0.15, 0.2) is 0 Å². The van der Waals surface area contributed by atoms with Gasteiger partial charge in [0, 0.05) is 16.9 Å². The maximum Gasteiger partial charge on any atom is 0.244 e. The number of aryl methyl sites for hydroxylation is 1. The van der Waals surface area contributed by atoms with E-state index in [1.165, 1.54) is 18.5 Å². The molecule has 0 aliphatic carbocycles. The van der Waals surface area contributed by atoms with E-state index in [9.17, 15) is 8.42 Å². The SMILES string of the molecule is Cc1cnc(CNS(=O)(=O)c2cc(Br)cnc2Cl)cn1. The Morgan fingerprint density at radius 2 is 2.00 bits per heavy atom. The summed E-state index contributed by atoms with van der Waals surface area (Å²) in [6, 6.07) is 1.39. The van der Waals surface area contributed by atoms with Crippen molar-refractivity contribution in [1.82, 2.24) is 19.7 Å². The van der Waals surface area contributed by atoms with Crippen molar-refractivity contribution in [2.45, 2.75) is 18.4 Å². The molecule has 2 aromatic rings. The highest BCUT2D eigenvalue weighted by Crippen LogP contribution is 2.22. The van der Waals surface area contributed by atoms with E-state index in [0.717, 1.165) is 5.69 Å². The molecule has 2 aromatic heterocycles. The van der Waals surface area contributed by atoms with E-state index in [2.05, 4.69) is 35.6 Å². The lowest BCUT2D eigenvalue weighted by molar-refractivity contribution is 0.580. The van der Waals surface area contributed by atoms with E-state index >= 15 is 0 Å². The topological polar surface area (TPSA) is 84.8 Å².